The monoisotopic (exact) mass is 181 g/mol. The third-order valence-corrected chi connectivity index (χ3v) is 2.08. The first-order valence-corrected chi connectivity index (χ1v) is 4.36. The van der Waals surface area contributed by atoms with Crippen LogP contribution < -0.4 is 10.9 Å². The first kappa shape index (κ1) is 9.77. The lowest BCUT2D eigenvalue weighted by molar-refractivity contribution is 0.766. The van der Waals surface area contributed by atoms with E-state index in [0.717, 1.165) is 12.4 Å². The van der Waals surface area contributed by atoms with Gasteiger partial charge in [-0.15, -0.1) is 0 Å². The number of hydrogen-bond donors (Lipinski definition) is 1. The maximum atomic E-state index is 11.6. The van der Waals surface area contributed by atoms with Crippen molar-refractivity contribution in [3.8, 4) is 0 Å². The predicted octanol–water partition coefficient (Wildman–Crippen LogP) is 0.829. The quantitative estimate of drug-likeness (QED) is 0.735. The van der Waals surface area contributed by atoms with Crippen LogP contribution in [0.25, 0.3) is 0 Å². The molecule has 0 aliphatic rings. The molecule has 0 unspecified atom stereocenters. The maximum absolute atomic E-state index is 11.6. The SMILES string of the molecule is CCNc1nc(C)n(C)c(=O)c1C. The second kappa shape index (κ2) is 3.60. The van der Waals surface area contributed by atoms with Crippen LogP contribution in [-0.4, -0.2) is 16.1 Å². The van der Waals surface area contributed by atoms with Gasteiger partial charge in [-0.25, -0.2) is 4.98 Å². The highest BCUT2D eigenvalue weighted by atomic mass is 16.1. The summed E-state index contributed by atoms with van der Waals surface area (Å²) >= 11 is 0. The molecule has 0 saturated carbocycles. The molecule has 0 aliphatic heterocycles. The van der Waals surface area contributed by atoms with Gasteiger partial charge in [0.05, 0.1) is 5.56 Å². The van der Waals surface area contributed by atoms with Crippen LogP contribution in [0.15, 0.2) is 4.79 Å². The number of aromatic nitrogens is 2. The summed E-state index contributed by atoms with van der Waals surface area (Å²) in [6, 6.07) is 0. The molecule has 0 atom stereocenters. The molecule has 72 valence electrons. The van der Waals surface area contributed by atoms with Crippen molar-refractivity contribution in [3.05, 3.63) is 21.7 Å². The summed E-state index contributed by atoms with van der Waals surface area (Å²) in [6.07, 6.45) is 0. The van der Waals surface area contributed by atoms with Gasteiger partial charge in [-0.05, 0) is 20.8 Å². The zero-order chi connectivity index (χ0) is 10.0. The summed E-state index contributed by atoms with van der Waals surface area (Å²) in [6.45, 7) is 6.36. The topological polar surface area (TPSA) is 46.9 Å². The van der Waals surface area contributed by atoms with Gasteiger partial charge in [-0.1, -0.05) is 0 Å². The average molecular weight is 181 g/mol. The van der Waals surface area contributed by atoms with Crippen LogP contribution in [0, 0.1) is 13.8 Å². The molecule has 0 spiro atoms. The molecule has 0 radical (unpaired) electrons. The highest BCUT2D eigenvalue weighted by molar-refractivity contribution is 5.41. The van der Waals surface area contributed by atoms with Crippen LogP contribution in [0.1, 0.15) is 18.3 Å². The van der Waals surface area contributed by atoms with Crippen molar-refractivity contribution < 1.29 is 0 Å². The molecule has 1 aromatic rings. The molecule has 0 bridgehead atoms. The first-order valence-electron chi connectivity index (χ1n) is 4.36. The Hall–Kier alpha value is -1.32. The highest BCUT2D eigenvalue weighted by Gasteiger charge is 2.06. The van der Waals surface area contributed by atoms with Crippen LogP contribution in [0.4, 0.5) is 5.82 Å². The van der Waals surface area contributed by atoms with Crippen LogP contribution >= 0.6 is 0 Å². The van der Waals surface area contributed by atoms with Crippen LogP contribution in [0.3, 0.4) is 0 Å². The molecule has 0 aliphatic carbocycles. The average Bonchev–Trinajstić information content (AvgIpc) is 2.11. The molecule has 1 heterocycles. The molecule has 0 saturated heterocycles. The summed E-state index contributed by atoms with van der Waals surface area (Å²) in [4.78, 5) is 15.8. The largest absolute Gasteiger partial charge is 0.370 e. The molecule has 1 N–H and O–H groups in total. The van der Waals surface area contributed by atoms with E-state index in [-0.39, 0.29) is 5.56 Å². The van der Waals surface area contributed by atoms with E-state index in [1.54, 1.807) is 18.5 Å². The van der Waals surface area contributed by atoms with Crippen molar-refractivity contribution in [1.29, 1.82) is 0 Å². The van der Waals surface area contributed by atoms with Gasteiger partial charge in [-0.2, -0.15) is 0 Å². The predicted molar refractivity (Wildman–Crippen MR) is 53.1 cm³/mol. The van der Waals surface area contributed by atoms with Crippen molar-refractivity contribution in [2.75, 3.05) is 11.9 Å². The van der Waals surface area contributed by atoms with Gasteiger partial charge in [0.15, 0.2) is 0 Å². The van der Waals surface area contributed by atoms with Gasteiger partial charge < -0.3 is 5.32 Å². The second-order valence-corrected chi connectivity index (χ2v) is 3.03. The summed E-state index contributed by atoms with van der Waals surface area (Å²) in [7, 11) is 1.73. The van der Waals surface area contributed by atoms with Crippen LogP contribution in [-0.2, 0) is 7.05 Å². The zero-order valence-corrected chi connectivity index (χ0v) is 8.51. The van der Waals surface area contributed by atoms with Crippen LogP contribution in [0.2, 0.25) is 0 Å². The third-order valence-electron chi connectivity index (χ3n) is 2.08. The maximum Gasteiger partial charge on any atom is 0.258 e. The zero-order valence-electron chi connectivity index (χ0n) is 8.51. The van der Waals surface area contributed by atoms with E-state index < -0.39 is 0 Å². The van der Waals surface area contributed by atoms with E-state index >= 15 is 0 Å². The van der Waals surface area contributed by atoms with E-state index in [1.807, 2.05) is 13.8 Å². The van der Waals surface area contributed by atoms with E-state index in [9.17, 15) is 4.79 Å². The Kier molecular flexibility index (Phi) is 2.70. The summed E-state index contributed by atoms with van der Waals surface area (Å²) in [5.41, 5.74) is 0.693. The van der Waals surface area contributed by atoms with Crippen molar-refractivity contribution in [1.82, 2.24) is 9.55 Å². The number of nitrogens with zero attached hydrogens (tertiary/aromatic N) is 2. The minimum absolute atomic E-state index is 0.0171. The minimum Gasteiger partial charge on any atom is -0.370 e. The molecule has 1 rings (SSSR count). The van der Waals surface area contributed by atoms with Gasteiger partial charge in [0.1, 0.15) is 11.6 Å². The standard InChI is InChI=1S/C9H15N3O/c1-5-10-8-6(2)9(13)12(4)7(3)11-8/h10H,5H2,1-4H3. The molecular formula is C9H15N3O. The third kappa shape index (κ3) is 1.71. The fraction of sp³-hybridized carbons (Fsp3) is 0.556. The van der Waals surface area contributed by atoms with Crippen molar-refractivity contribution in [3.63, 3.8) is 0 Å². The Morgan fingerprint density at radius 2 is 2.08 bits per heavy atom. The van der Waals surface area contributed by atoms with Gasteiger partial charge in [0, 0.05) is 13.6 Å². The minimum atomic E-state index is 0.0171. The normalized spacial score (nSPS) is 10.2. The molecule has 0 fully saturated rings. The molecule has 0 amide bonds. The lowest BCUT2D eigenvalue weighted by Gasteiger charge is -2.09. The fourth-order valence-corrected chi connectivity index (χ4v) is 1.16. The second-order valence-electron chi connectivity index (χ2n) is 3.03. The molecule has 4 heteroatoms. The highest BCUT2D eigenvalue weighted by Crippen LogP contribution is 2.05. The number of hydrogen-bond acceptors (Lipinski definition) is 3. The van der Waals surface area contributed by atoms with E-state index in [2.05, 4.69) is 10.3 Å². The van der Waals surface area contributed by atoms with E-state index in [0.29, 0.717) is 11.4 Å². The van der Waals surface area contributed by atoms with E-state index in [1.165, 1.54) is 0 Å². The van der Waals surface area contributed by atoms with Gasteiger partial charge in [0.25, 0.3) is 5.56 Å². The molecule has 0 aromatic carbocycles. The van der Waals surface area contributed by atoms with Crippen molar-refractivity contribution in [2.24, 2.45) is 7.05 Å². The molecule has 13 heavy (non-hydrogen) atoms. The van der Waals surface area contributed by atoms with Gasteiger partial charge >= 0.3 is 0 Å². The van der Waals surface area contributed by atoms with Crippen molar-refractivity contribution in [2.45, 2.75) is 20.8 Å². The molecule has 1 aromatic heterocycles. The number of rotatable bonds is 2. The first-order chi connectivity index (χ1) is 6.07. The fourth-order valence-electron chi connectivity index (χ4n) is 1.16. The van der Waals surface area contributed by atoms with Crippen LogP contribution in [0.5, 0.6) is 0 Å². The number of aryl methyl sites for hydroxylation is 1. The van der Waals surface area contributed by atoms with E-state index in [4.69, 9.17) is 0 Å². The lowest BCUT2D eigenvalue weighted by Crippen LogP contribution is -2.24. The Labute approximate surface area is 77.6 Å². The van der Waals surface area contributed by atoms with Crippen molar-refractivity contribution >= 4 is 5.82 Å². The Balaban J connectivity index is 3.32. The number of anilines is 1. The summed E-state index contributed by atoms with van der Waals surface area (Å²) in [5, 5.41) is 3.06. The smallest absolute Gasteiger partial charge is 0.258 e. The Morgan fingerprint density at radius 1 is 1.46 bits per heavy atom. The Bertz CT molecular complexity index is 368. The summed E-state index contributed by atoms with van der Waals surface area (Å²) in [5.74, 6) is 1.43. The molecule has 4 nitrogen and oxygen atoms in total. The number of nitrogens with one attached hydrogen (secondary N) is 1. The lowest BCUT2D eigenvalue weighted by atomic mass is 10.3. The van der Waals surface area contributed by atoms with Gasteiger partial charge in [0.2, 0.25) is 0 Å². The Morgan fingerprint density at radius 3 is 2.62 bits per heavy atom. The molecular weight excluding hydrogens is 166 g/mol. The summed E-state index contributed by atoms with van der Waals surface area (Å²) < 4.78 is 1.55. The van der Waals surface area contributed by atoms with Gasteiger partial charge in [-0.3, -0.25) is 9.36 Å².